The van der Waals surface area contributed by atoms with Gasteiger partial charge in [-0.15, -0.1) is 0 Å². The number of fused-ring (bicyclic) bond motifs is 1. The number of nitrogens with zero attached hydrogens (tertiary/aromatic N) is 1. The molecule has 2 aromatic carbocycles. The van der Waals surface area contributed by atoms with Gasteiger partial charge in [0.25, 0.3) is 0 Å². The van der Waals surface area contributed by atoms with Crippen molar-refractivity contribution in [1.82, 2.24) is 0 Å². The van der Waals surface area contributed by atoms with Crippen molar-refractivity contribution in [3.05, 3.63) is 59.4 Å². The highest BCUT2D eigenvalue weighted by Gasteiger charge is 2.15. The van der Waals surface area contributed by atoms with Crippen LogP contribution in [0.25, 0.3) is 0 Å². The maximum atomic E-state index is 13.1. The van der Waals surface area contributed by atoms with Gasteiger partial charge in [-0.05, 0) is 42.2 Å². The Hall–Kier alpha value is -2.03. The summed E-state index contributed by atoms with van der Waals surface area (Å²) >= 11 is 0. The number of nitrogen functional groups attached to an aromatic ring is 1. The molecule has 1 aliphatic heterocycles. The maximum absolute atomic E-state index is 13.1. The zero-order valence-corrected chi connectivity index (χ0v) is 10.8. The molecule has 2 N–H and O–H groups in total. The number of hydrogen-bond acceptors (Lipinski definition) is 2. The summed E-state index contributed by atoms with van der Waals surface area (Å²) in [5, 5.41) is 0. The second-order valence-corrected chi connectivity index (χ2v) is 4.96. The van der Waals surface area contributed by atoms with Crippen LogP contribution in [-0.2, 0) is 12.8 Å². The molecule has 0 bridgehead atoms. The highest BCUT2D eigenvalue weighted by molar-refractivity contribution is 5.67. The lowest BCUT2D eigenvalue weighted by atomic mass is 10.0. The lowest BCUT2D eigenvalue weighted by Gasteiger charge is -2.24. The van der Waals surface area contributed by atoms with E-state index in [-0.39, 0.29) is 5.82 Å². The van der Waals surface area contributed by atoms with E-state index in [4.69, 9.17) is 5.73 Å². The predicted molar refractivity (Wildman–Crippen MR) is 76.9 cm³/mol. The minimum atomic E-state index is -0.278. The number of anilines is 2. The van der Waals surface area contributed by atoms with Crippen LogP contribution in [-0.4, -0.2) is 13.1 Å². The van der Waals surface area contributed by atoms with E-state index in [2.05, 4.69) is 29.2 Å². The van der Waals surface area contributed by atoms with E-state index < -0.39 is 0 Å². The van der Waals surface area contributed by atoms with E-state index in [1.807, 2.05) is 0 Å². The van der Waals surface area contributed by atoms with Gasteiger partial charge in [-0.1, -0.05) is 24.3 Å². The van der Waals surface area contributed by atoms with E-state index in [0.29, 0.717) is 5.69 Å². The molecule has 2 aromatic rings. The SMILES string of the molecule is Nc1cc(F)ccc1N1CCc2ccccc2CC1. The average molecular weight is 256 g/mol. The summed E-state index contributed by atoms with van der Waals surface area (Å²) in [5.74, 6) is -0.278. The Kier molecular flexibility index (Phi) is 3.11. The van der Waals surface area contributed by atoms with Crippen LogP contribution in [0.4, 0.5) is 15.8 Å². The van der Waals surface area contributed by atoms with Crippen molar-refractivity contribution >= 4 is 11.4 Å². The predicted octanol–water partition coefficient (Wildman–Crippen LogP) is 3.01. The molecule has 0 atom stereocenters. The van der Waals surface area contributed by atoms with Crippen LogP contribution < -0.4 is 10.6 Å². The normalized spacial score (nSPS) is 14.9. The van der Waals surface area contributed by atoms with Crippen LogP contribution in [0.5, 0.6) is 0 Å². The molecule has 0 spiro atoms. The molecule has 0 aliphatic carbocycles. The molecule has 0 amide bonds. The van der Waals surface area contributed by atoms with Gasteiger partial charge in [0.05, 0.1) is 11.4 Å². The van der Waals surface area contributed by atoms with Crippen molar-refractivity contribution in [1.29, 1.82) is 0 Å². The first-order valence-electron chi connectivity index (χ1n) is 6.61. The van der Waals surface area contributed by atoms with Crippen LogP contribution in [0.3, 0.4) is 0 Å². The van der Waals surface area contributed by atoms with Crippen molar-refractivity contribution in [3.63, 3.8) is 0 Å². The Morgan fingerprint density at radius 2 is 1.58 bits per heavy atom. The second kappa shape index (κ2) is 4.92. The highest BCUT2D eigenvalue weighted by atomic mass is 19.1. The van der Waals surface area contributed by atoms with E-state index in [1.165, 1.54) is 23.3 Å². The number of hydrogen-bond donors (Lipinski definition) is 1. The number of halogens is 1. The zero-order chi connectivity index (χ0) is 13.2. The molecule has 3 rings (SSSR count). The van der Waals surface area contributed by atoms with Gasteiger partial charge in [0.15, 0.2) is 0 Å². The Morgan fingerprint density at radius 3 is 2.16 bits per heavy atom. The Bertz CT molecular complexity index is 568. The lowest BCUT2D eigenvalue weighted by molar-refractivity contribution is 0.628. The standard InChI is InChI=1S/C16H17FN2/c17-14-5-6-16(15(18)11-14)19-9-7-12-3-1-2-4-13(12)8-10-19/h1-6,11H,7-10,18H2. The molecule has 0 unspecified atom stereocenters. The van der Waals surface area contributed by atoms with Gasteiger partial charge < -0.3 is 10.6 Å². The molecule has 2 nitrogen and oxygen atoms in total. The summed E-state index contributed by atoms with van der Waals surface area (Å²) in [5.41, 5.74) is 10.2. The molecule has 0 saturated carbocycles. The summed E-state index contributed by atoms with van der Waals surface area (Å²) < 4.78 is 13.1. The van der Waals surface area contributed by atoms with Crippen molar-refractivity contribution in [2.45, 2.75) is 12.8 Å². The third kappa shape index (κ3) is 2.41. The third-order valence-corrected chi connectivity index (χ3v) is 3.75. The van der Waals surface area contributed by atoms with Crippen molar-refractivity contribution in [2.75, 3.05) is 23.7 Å². The number of nitrogens with two attached hydrogens (primary N) is 1. The molecule has 3 heteroatoms. The first kappa shape index (κ1) is 12.0. The van der Waals surface area contributed by atoms with E-state index in [9.17, 15) is 4.39 Å². The molecule has 19 heavy (non-hydrogen) atoms. The first-order valence-corrected chi connectivity index (χ1v) is 6.61. The summed E-state index contributed by atoms with van der Waals surface area (Å²) in [6.07, 6.45) is 2.01. The number of benzene rings is 2. The van der Waals surface area contributed by atoms with E-state index in [0.717, 1.165) is 31.6 Å². The minimum Gasteiger partial charge on any atom is -0.397 e. The van der Waals surface area contributed by atoms with Gasteiger partial charge in [0, 0.05) is 13.1 Å². The molecule has 0 saturated heterocycles. The van der Waals surface area contributed by atoms with Crippen LogP contribution in [0, 0.1) is 5.82 Å². The minimum absolute atomic E-state index is 0.278. The summed E-state index contributed by atoms with van der Waals surface area (Å²) in [4.78, 5) is 2.24. The Balaban J connectivity index is 1.85. The molecular formula is C16H17FN2. The van der Waals surface area contributed by atoms with Crippen LogP contribution in [0.2, 0.25) is 0 Å². The van der Waals surface area contributed by atoms with Crippen molar-refractivity contribution in [3.8, 4) is 0 Å². The van der Waals surface area contributed by atoms with Gasteiger partial charge in [-0.3, -0.25) is 0 Å². The van der Waals surface area contributed by atoms with Crippen molar-refractivity contribution in [2.24, 2.45) is 0 Å². The number of rotatable bonds is 1. The molecule has 0 aromatic heterocycles. The van der Waals surface area contributed by atoms with E-state index >= 15 is 0 Å². The van der Waals surface area contributed by atoms with Gasteiger partial charge in [-0.25, -0.2) is 4.39 Å². The van der Waals surface area contributed by atoms with Crippen molar-refractivity contribution < 1.29 is 4.39 Å². The van der Waals surface area contributed by atoms with Gasteiger partial charge >= 0.3 is 0 Å². The second-order valence-electron chi connectivity index (χ2n) is 4.96. The van der Waals surface area contributed by atoms with Gasteiger partial charge in [0.2, 0.25) is 0 Å². The lowest BCUT2D eigenvalue weighted by Crippen LogP contribution is -2.26. The fourth-order valence-electron chi connectivity index (χ4n) is 2.72. The molecule has 98 valence electrons. The quantitative estimate of drug-likeness (QED) is 0.795. The molecular weight excluding hydrogens is 239 g/mol. The fraction of sp³-hybridized carbons (Fsp3) is 0.250. The molecule has 1 aliphatic rings. The maximum Gasteiger partial charge on any atom is 0.125 e. The third-order valence-electron chi connectivity index (χ3n) is 3.75. The van der Waals surface area contributed by atoms with Crippen LogP contribution in [0.15, 0.2) is 42.5 Å². The first-order chi connectivity index (χ1) is 9.24. The summed E-state index contributed by atoms with van der Waals surface area (Å²) in [6.45, 7) is 1.85. The van der Waals surface area contributed by atoms with Gasteiger partial charge in [-0.2, -0.15) is 0 Å². The monoisotopic (exact) mass is 256 g/mol. The molecule has 1 heterocycles. The largest absolute Gasteiger partial charge is 0.397 e. The smallest absolute Gasteiger partial charge is 0.125 e. The molecule has 0 radical (unpaired) electrons. The fourth-order valence-corrected chi connectivity index (χ4v) is 2.72. The summed E-state index contributed by atoms with van der Waals surface area (Å²) in [6, 6.07) is 13.2. The topological polar surface area (TPSA) is 29.3 Å². The Labute approximate surface area is 112 Å². The van der Waals surface area contributed by atoms with E-state index in [1.54, 1.807) is 6.07 Å². The van der Waals surface area contributed by atoms with Gasteiger partial charge in [0.1, 0.15) is 5.82 Å². The average Bonchev–Trinajstić information content (AvgIpc) is 2.62. The van der Waals surface area contributed by atoms with Crippen LogP contribution >= 0.6 is 0 Å². The summed E-state index contributed by atoms with van der Waals surface area (Å²) in [7, 11) is 0. The Morgan fingerprint density at radius 1 is 0.947 bits per heavy atom. The molecule has 0 fully saturated rings. The highest BCUT2D eigenvalue weighted by Crippen LogP contribution is 2.26. The zero-order valence-electron chi connectivity index (χ0n) is 10.8. The van der Waals surface area contributed by atoms with Crippen LogP contribution in [0.1, 0.15) is 11.1 Å².